The third-order valence-electron chi connectivity index (χ3n) is 4.60. The summed E-state index contributed by atoms with van der Waals surface area (Å²) in [6, 6.07) is 15.5. The summed E-state index contributed by atoms with van der Waals surface area (Å²) in [4.78, 5) is 12.2. The van der Waals surface area contributed by atoms with E-state index in [0.29, 0.717) is 29.4 Å². The first kappa shape index (κ1) is 18.1. The van der Waals surface area contributed by atoms with Crippen LogP contribution in [0.25, 0.3) is 0 Å². The van der Waals surface area contributed by atoms with Crippen LogP contribution in [0.15, 0.2) is 48.5 Å². The molecule has 1 heterocycles. The van der Waals surface area contributed by atoms with Crippen molar-refractivity contribution in [2.45, 2.75) is 32.7 Å². The Morgan fingerprint density at radius 2 is 1.88 bits per heavy atom. The summed E-state index contributed by atoms with van der Waals surface area (Å²) in [7, 11) is 0. The molecule has 5 nitrogen and oxygen atoms in total. The first-order chi connectivity index (χ1) is 12.6. The SMILES string of the molecule is CCC1COC(c2ccc(C(=O)Oc3ccc(C#N)cc3)cc2)OC1C. The quantitative estimate of drug-likeness (QED) is 0.609. The summed E-state index contributed by atoms with van der Waals surface area (Å²) in [6.07, 6.45) is 0.754. The fourth-order valence-electron chi connectivity index (χ4n) is 2.86. The molecular weight excluding hydrogens is 330 g/mol. The number of benzene rings is 2. The Balaban J connectivity index is 1.63. The highest BCUT2D eigenvalue weighted by molar-refractivity contribution is 5.91. The van der Waals surface area contributed by atoms with Gasteiger partial charge in [-0.1, -0.05) is 19.1 Å². The van der Waals surface area contributed by atoms with Gasteiger partial charge in [0.05, 0.1) is 29.9 Å². The number of carbonyl (C=O) groups excluding carboxylic acids is 1. The van der Waals surface area contributed by atoms with Crippen LogP contribution in [0.4, 0.5) is 0 Å². The van der Waals surface area contributed by atoms with Crippen LogP contribution in [0.2, 0.25) is 0 Å². The molecule has 2 aromatic carbocycles. The van der Waals surface area contributed by atoms with Crippen LogP contribution in [0.1, 0.15) is 48.0 Å². The maximum atomic E-state index is 12.2. The Labute approximate surface area is 153 Å². The van der Waals surface area contributed by atoms with E-state index < -0.39 is 12.3 Å². The van der Waals surface area contributed by atoms with E-state index in [1.165, 1.54) is 0 Å². The number of nitriles is 1. The number of carbonyl (C=O) groups is 1. The van der Waals surface area contributed by atoms with Gasteiger partial charge in [-0.25, -0.2) is 4.79 Å². The van der Waals surface area contributed by atoms with Gasteiger partial charge in [-0.2, -0.15) is 5.26 Å². The molecular formula is C21H21NO4. The van der Waals surface area contributed by atoms with Crippen LogP contribution in [0.5, 0.6) is 5.75 Å². The zero-order valence-corrected chi connectivity index (χ0v) is 14.8. The van der Waals surface area contributed by atoms with Gasteiger partial charge in [-0.3, -0.25) is 0 Å². The molecule has 0 spiro atoms. The van der Waals surface area contributed by atoms with Crippen LogP contribution in [-0.4, -0.2) is 18.7 Å². The molecule has 3 unspecified atom stereocenters. The molecule has 1 saturated heterocycles. The Bertz CT molecular complexity index is 792. The zero-order chi connectivity index (χ0) is 18.5. The molecule has 0 aliphatic carbocycles. The van der Waals surface area contributed by atoms with Gasteiger partial charge in [0.2, 0.25) is 0 Å². The second-order valence-electron chi connectivity index (χ2n) is 6.32. The predicted octanol–water partition coefficient (Wildman–Crippen LogP) is 4.24. The van der Waals surface area contributed by atoms with Crippen LogP contribution in [-0.2, 0) is 9.47 Å². The van der Waals surface area contributed by atoms with Crippen LogP contribution < -0.4 is 4.74 Å². The molecule has 0 N–H and O–H groups in total. The molecule has 2 aromatic rings. The zero-order valence-electron chi connectivity index (χ0n) is 14.8. The summed E-state index contributed by atoms with van der Waals surface area (Å²) in [6.45, 7) is 4.86. The number of hydrogen-bond donors (Lipinski definition) is 0. The molecule has 3 rings (SSSR count). The van der Waals surface area contributed by atoms with E-state index in [2.05, 4.69) is 13.8 Å². The minimum Gasteiger partial charge on any atom is -0.423 e. The summed E-state index contributed by atoms with van der Waals surface area (Å²) < 4.78 is 17.0. The van der Waals surface area contributed by atoms with Gasteiger partial charge in [0, 0.05) is 11.5 Å². The second kappa shape index (κ2) is 8.13. The maximum absolute atomic E-state index is 12.2. The van der Waals surface area contributed by atoms with E-state index in [0.717, 1.165) is 12.0 Å². The first-order valence-electron chi connectivity index (χ1n) is 8.70. The van der Waals surface area contributed by atoms with E-state index in [-0.39, 0.29) is 6.10 Å². The fourth-order valence-corrected chi connectivity index (χ4v) is 2.86. The van der Waals surface area contributed by atoms with E-state index in [4.69, 9.17) is 19.5 Å². The number of hydrogen-bond acceptors (Lipinski definition) is 5. The van der Waals surface area contributed by atoms with Crippen molar-refractivity contribution >= 4 is 5.97 Å². The van der Waals surface area contributed by atoms with Gasteiger partial charge in [-0.15, -0.1) is 0 Å². The third-order valence-corrected chi connectivity index (χ3v) is 4.60. The lowest BCUT2D eigenvalue weighted by molar-refractivity contribution is -0.236. The number of nitrogens with zero attached hydrogens (tertiary/aromatic N) is 1. The Hall–Kier alpha value is -2.68. The van der Waals surface area contributed by atoms with Crippen LogP contribution in [0, 0.1) is 17.2 Å². The van der Waals surface area contributed by atoms with Gasteiger partial charge >= 0.3 is 5.97 Å². The predicted molar refractivity (Wildman–Crippen MR) is 95.6 cm³/mol. The van der Waals surface area contributed by atoms with Gasteiger partial charge < -0.3 is 14.2 Å². The lowest BCUT2D eigenvalue weighted by Crippen LogP contribution is -2.33. The number of ether oxygens (including phenoxy) is 3. The smallest absolute Gasteiger partial charge is 0.343 e. The van der Waals surface area contributed by atoms with E-state index >= 15 is 0 Å². The molecule has 0 radical (unpaired) electrons. The van der Waals surface area contributed by atoms with E-state index in [1.807, 2.05) is 18.2 Å². The van der Waals surface area contributed by atoms with Gasteiger partial charge in [0.15, 0.2) is 6.29 Å². The van der Waals surface area contributed by atoms with Crippen LogP contribution in [0.3, 0.4) is 0 Å². The highest BCUT2D eigenvalue weighted by Gasteiger charge is 2.28. The minimum atomic E-state index is -0.453. The van der Waals surface area contributed by atoms with Crippen molar-refractivity contribution in [2.75, 3.05) is 6.61 Å². The Morgan fingerprint density at radius 3 is 2.46 bits per heavy atom. The normalized spacial score (nSPS) is 22.4. The maximum Gasteiger partial charge on any atom is 0.343 e. The summed E-state index contributed by atoms with van der Waals surface area (Å²) in [5, 5.41) is 8.79. The Morgan fingerprint density at radius 1 is 1.19 bits per heavy atom. The van der Waals surface area contributed by atoms with Crippen molar-refractivity contribution in [3.05, 3.63) is 65.2 Å². The number of rotatable bonds is 4. The molecule has 26 heavy (non-hydrogen) atoms. The van der Waals surface area contributed by atoms with Crippen molar-refractivity contribution in [2.24, 2.45) is 5.92 Å². The first-order valence-corrected chi connectivity index (χ1v) is 8.70. The van der Waals surface area contributed by atoms with E-state index in [1.54, 1.807) is 36.4 Å². The molecule has 1 aliphatic heterocycles. The topological polar surface area (TPSA) is 68.5 Å². The summed E-state index contributed by atoms with van der Waals surface area (Å²) in [5.41, 5.74) is 1.83. The van der Waals surface area contributed by atoms with Crippen molar-refractivity contribution in [1.82, 2.24) is 0 Å². The van der Waals surface area contributed by atoms with Crippen molar-refractivity contribution in [3.8, 4) is 11.8 Å². The largest absolute Gasteiger partial charge is 0.423 e. The van der Waals surface area contributed by atoms with Crippen molar-refractivity contribution in [3.63, 3.8) is 0 Å². The van der Waals surface area contributed by atoms with Gasteiger partial charge in [0.1, 0.15) is 5.75 Å². The molecule has 0 saturated carbocycles. The molecule has 1 fully saturated rings. The second-order valence-corrected chi connectivity index (χ2v) is 6.32. The molecule has 0 amide bonds. The van der Waals surface area contributed by atoms with Gasteiger partial charge in [0.25, 0.3) is 0 Å². The lowest BCUT2D eigenvalue weighted by Gasteiger charge is -2.34. The highest BCUT2D eigenvalue weighted by Crippen LogP contribution is 2.30. The molecule has 1 aliphatic rings. The van der Waals surface area contributed by atoms with Crippen molar-refractivity contribution in [1.29, 1.82) is 5.26 Å². The van der Waals surface area contributed by atoms with E-state index in [9.17, 15) is 4.79 Å². The molecule has 5 heteroatoms. The fraction of sp³-hybridized carbons (Fsp3) is 0.333. The molecule has 0 aromatic heterocycles. The van der Waals surface area contributed by atoms with Crippen molar-refractivity contribution < 1.29 is 19.0 Å². The average molecular weight is 351 g/mol. The lowest BCUT2D eigenvalue weighted by atomic mass is 10.0. The van der Waals surface area contributed by atoms with Crippen LogP contribution >= 0.6 is 0 Å². The molecule has 3 atom stereocenters. The molecule has 134 valence electrons. The standard InChI is InChI=1S/C21H21NO4/c1-3-16-13-24-21(25-14(16)2)18-8-6-17(7-9-18)20(23)26-19-10-4-15(12-22)5-11-19/h4-11,14,16,21H,3,13H2,1-2H3. The summed E-state index contributed by atoms with van der Waals surface area (Å²) >= 11 is 0. The third kappa shape index (κ3) is 4.10. The minimum absolute atomic E-state index is 0.139. The molecule has 0 bridgehead atoms. The highest BCUT2D eigenvalue weighted by atomic mass is 16.7. The number of esters is 1. The Kier molecular flexibility index (Phi) is 5.67. The van der Waals surface area contributed by atoms with Gasteiger partial charge in [-0.05, 0) is 49.7 Å². The summed E-state index contributed by atoms with van der Waals surface area (Å²) in [5.74, 6) is 0.357. The average Bonchev–Trinajstić information content (AvgIpc) is 2.68. The monoisotopic (exact) mass is 351 g/mol.